The fraction of sp³-hybridized carbons (Fsp3) is 0.0625. The summed E-state index contributed by atoms with van der Waals surface area (Å²) in [6.07, 6.45) is 0. The van der Waals surface area contributed by atoms with Crippen molar-refractivity contribution in [2.75, 3.05) is 0 Å². The van der Waals surface area contributed by atoms with Gasteiger partial charge in [-0.15, -0.1) is 0 Å². The molecule has 178 valence electrons. The highest BCUT2D eigenvalue weighted by Gasteiger charge is 2.02. The predicted octanol–water partition coefficient (Wildman–Crippen LogP) is 8.43. The zero-order valence-corrected chi connectivity index (χ0v) is 19.7. The summed E-state index contributed by atoms with van der Waals surface area (Å²) < 4.78 is 23.5. The van der Waals surface area contributed by atoms with Gasteiger partial charge in [0.1, 0.15) is 47.7 Å². The zero-order valence-electron chi connectivity index (χ0n) is 19.7. The molecule has 0 fully saturated rings. The molecule has 5 aromatic carbocycles. The van der Waals surface area contributed by atoms with Crippen molar-refractivity contribution in [3.05, 3.63) is 145 Å². The zero-order chi connectivity index (χ0) is 24.4. The van der Waals surface area contributed by atoms with E-state index in [1.807, 2.05) is 109 Å². The van der Waals surface area contributed by atoms with Crippen LogP contribution in [0.25, 0.3) is 0 Å². The molecule has 4 heteroatoms. The molecule has 0 atom stereocenters. The van der Waals surface area contributed by atoms with Crippen molar-refractivity contribution in [2.24, 2.45) is 0 Å². The minimum absolute atomic E-state index is 0.489. The second-order valence-corrected chi connectivity index (χ2v) is 8.17. The first-order chi connectivity index (χ1) is 17.8. The summed E-state index contributed by atoms with van der Waals surface area (Å²) in [4.78, 5) is 0. The summed E-state index contributed by atoms with van der Waals surface area (Å²) in [5, 5.41) is 0. The molecule has 0 bridgehead atoms. The molecule has 0 heterocycles. The molecule has 5 rings (SSSR count). The molecule has 0 radical (unpaired) electrons. The fourth-order valence-corrected chi connectivity index (χ4v) is 3.52. The third-order valence-electron chi connectivity index (χ3n) is 5.44. The summed E-state index contributed by atoms with van der Waals surface area (Å²) in [5.74, 6) is 4.76. The van der Waals surface area contributed by atoms with Gasteiger partial charge in [0, 0.05) is 0 Å². The van der Waals surface area contributed by atoms with Crippen molar-refractivity contribution in [1.82, 2.24) is 0 Å². The number of ether oxygens (including phenoxy) is 4. The summed E-state index contributed by atoms with van der Waals surface area (Å²) in [5.41, 5.74) is 2.18. The smallest absolute Gasteiger partial charge is 0.127 e. The van der Waals surface area contributed by atoms with Crippen LogP contribution in [0.2, 0.25) is 0 Å². The summed E-state index contributed by atoms with van der Waals surface area (Å²) in [6.45, 7) is 0.978. The van der Waals surface area contributed by atoms with E-state index >= 15 is 0 Å². The molecule has 0 saturated carbocycles. The number of benzene rings is 5. The molecule has 0 aliphatic rings. The van der Waals surface area contributed by atoms with Gasteiger partial charge in [-0.2, -0.15) is 0 Å². The highest BCUT2D eigenvalue weighted by molar-refractivity contribution is 5.37. The van der Waals surface area contributed by atoms with Crippen LogP contribution in [0, 0.1) is 0 Å². The van der Waals surface area contributed by atoms with Crippen molar-refractivity contribution >= 4 is 0 Å². The van der Waals surface area contributed by atoms with E-state index in [9.17, 15) is 0 Å². The monoisotopic (exact) mass is 474 g/mol. The average Bonchev–Trinajstić information content (AvgIpc) is 2.94. The molecule has 36 heavy (non-hydrogen) atoms. The Morgan fingerprint density at radius 1 is 0.306 bits per heavy atom. The van der Waals surface area contributed by atoms with Crippen LogP contribution in [0.3, 0.4) is 0 Å². The maximum Gasteiger partial charge on any atom is 0.127 e. The molecule has 0 unspecified atom stereocenters. The molecule has 0 aliphatic heterocycles. The van der Waals surface area contributed by atoms with Gasteiger partial charge in [0.15, 0.2) is 0 Å². The lowest BCUT2D eigenvalue weighted by atomic mass is 10.1. The van der Waals surface area contributed by atoms with Gasteiger partial charge < -0.3 is 18.9 Å². The Hall–Kier alpha value is -4.70. The highest BCUT2D eigenvalue weighted by Crippen LogP contribution is 2.25. The Bertz CT molecular complexity index is 1220. The molecule has 0 amide bonds. The normalized spacial score (nSPS) is 10.4. The lowest BCUT2D eigenvalue weighted by Gasteiger charge is -2.10. The largest absolute Gasteiger partial charge is 0.489 e. The Kier molecular flexibility index (Phi) is 7.45. The fourth-order valence-electron chi connectivity index (χ4n) is 3.52. The van der Waals surface area contributed by atoms with E-state index in [1.165, 1.54) is 0 Å². The number of para-hydroxylation sites is 2. The Labute approximate surface area is 211 Å². The third-order valence-corrected chi connectivity index (χ3v) is 5.44. The van der Waals surface area contributed by atoms with E-state index in [0.29, 0.717) is 13.2 Å². The topological polar surface area (TPSA) is 36.9 Å². The van der Waals surface area contributed by atoms with Crippen molar-refractivity contribution in [3.8, 4) is 34.5 Å². The van der Waals surface area contributed by atoms with Gasteiger partial charge in [0.2, 0.25) is 0 Å². The van der Waals surface area contributed by atoms with Gasteiger partial charge in [-0.3, -0.25) is 0 Å². The minimum atomic E-state index is 0.489. The molecular weight excluding hydrogens is 448 g/mol. The van der Waals surface area contributed by atoms with Crippen LogP contribution in [-0.2, 0) is 13.2 Å². The first kappa shape index (κ1) is 23.1. The van der Waals surface area contributed by atoms with Gasteiger partial charge in [-0.05, 0) is 83.9 Å². The second kappa shape index (κ2) is 11.6. The van der Waals surface area contributed by atoms with Crippen LogP contribution in [-0.4, -0.2) is 0 Å². The van der Waals surface area contributed by atoms with E-state index in [2.05, 4.69) is 24.3 Å². The van der Waals surface area contributed by atoms with Gasteiger partial charge in [-0.25, -0.2) is 0 Å². The average molecular weight is 475 g/mol. The molecule has 0 aromatic heterocycles. The predicted molar refractivity (Wildman–Crippen MR) is 141 cm³/mol. The van der Waals surface area contributed by atoms with Crippen LogP contribution < -0.4 is 18.9 Å². The minimum Gasteiger partial charge on any atom is -0.489 e. The van der Waals surface area contributed by atoms with Crippen LogP contribution in [0.5, 0.6) is 34.5 Å². The van der Waals surface area contributed by atoms with Crippen LogP contribution in [0.4, 0.5) is 0 Å². The molecule has 5 aromatic rings. The van der Waals surface area contributed by atoms with Crippen molar-refractivity contribution < 1.29 is 18.9 Å². The van der Waals surface area contributed by atoms with Gasteiger partial charge in [-0.1, -0.05) is 60.7 Å². The van der Waals surface area contributed by atoms with E-state index in [-0.39, 0.29) is 0 Å². The maximum atomic E-state index is 5.92. The Morgan fingerprint density at radius 3 is 0.972 bits per heavy atom. The summed E-state index contributed by atoms with van der Waals surface area (Å²) >= 11 is 0. The van der Waals surface area contributed by atoms with E-state index < -0.39 is 0 Å². The van der Waals surface area contributed by atoms with Crippen LogP contribution in [0.1, 0.15) is 11.1 Å². The third kappa shape index (κ3) is 6.67. The molecule has 0 spiro atoms. The number of hydrogen-bond acceptors (Lipinski definition) is 4. The first-order valence-corrected chi connectivity index (χ1v) is 11.8. The van der Waals surface area contributed by atoms with Gasteiger partial charge in [0.25, 0.3) is 0 Å². The molecule has 0 aliphatic carbocycles. The molecule has 0 saturated heterocycles. The first-order valence-electron chi connectivity index (χ1n) is 11.8. The standard InChI is InChI=1S/C32H26O4/c1-3-7-29(8-4-1)35-31-19-15-27(16-20-31)33-23-25-11-13-26(14-12-25)24-34-28-17-21-32(22-18-28)36-30-9-5-2-6-10-30/h1-22H,23-24H2. The summed E-state index contributed by atoms with van der Waals surface area (Å²) in [7, 11) is 0. The lowest BCUT2D eigenvalue weighted by molar-refractivity contribution is 0.302. The highest BCUT2D eigenvalue weighted by atomic mass is 16.5. The maximum absolute atomic E-state index is 5.92. The molecule has 4 nitrogen and oxygen atoms in total. The van der Waals surface area contributed by atoms with E-state index in [4.69, 9.17) is 18.9 Å². The second-order valence-electron chi connectivity index (χ2n) is 8.17. The van der Waals surface area contributed by atoms with Crippen molar-refractivity contribution in [1.29, 1.82) is 0 Å². The lowest BCUT2D eigenvalue weighted by Crippen LogP contribution is -1.98. The van der Waals surface area contributed by atoms with Crippen LogP contribution in [0.15, 0.2) is 133 Å². The Balaban J connectivity index is 1.07. The number of hydrogen-bond donors (Lipinski definition) is 0. The van der Waals surface area contributed by atoms with Gasteiger partial charge in [0.05, 0.1) is 0 Å². The van der Waals surface area contributed by atoms with E-state index in [1.54, 1.807) is 0 Å². The van der Waals surface area contributed by atoms with Crippen LogP contribution >= 0.6 is 0 Å². The SMILES string of the molecule is c1ccc(Oc2ccc(OCc3ccc(COc4ccc(Oc5ccccc5)cc4)cc3)cc2)cc1. The molecular formula is C32H26O4. The molecule has 0 N–H and O–H groups in total. The van der Waals surface area contributed by atoms with E-state index in [0.717, 1.165) is 45.6 Å². The van der Waals surface area contributed by atoms with Crippen molar-refractivity contribution in [3.63, 3.8) is 0 Å². The Morgan fingerprint density at radius 2 is 0.611 bits per heavy atom. The quantitative estimate of drug-likeness (QED) is 0.204. The van der Waals surface area contributed by atoms with Gasteiger partial charge >= 0.3 is 0 Å². The summed E-state index contributed by atoms with van der Waals surface area (Å²) in [6, 6.07) is 42.9. The number of rotatable bonds is 10. The van der Waals surface area contributed by atoms with Crippen molar-refractivity contribution in [2.45, 2.75) is 13.2 Å².